The van der Waals surface area contributed by atoms with Crippen LogP contribution in [0.4, 0.5) is 5.69 Å². The first kappa shape index (κ1) is 17.2. The van der Waals surface area contributed by atoms with Crippen molar-refractivity contribution in [2.24, 2.45) is 17.3 Å². The maximum absolute atomic E-state index is 12.9. The zero-order chi connectivity index (χ0) is 18.6. The second kappa shape index (κ2) is 6.03. The minimum Gasteiger partial charge on any atom is -0.455 e. The Morgan fingerprint density at radius 1 is 1.15 bits per heavy atom. The van der Waals surface area contributed by atoms with Crippen molar-refractivity contribution < 1.29 is 23.8 Å². The molecule has 0 radical (unpaired) electrons. The van der Waals surface area contributed by atoms with Gasteiger partial charge in [0.1, 0.15) is 0 Å². The van der Waals surface area contributed by atoms with Crippen LogP contribution in [0.15, 0.2) is 18.2 Å². The predicted molar refractivity (Wildman–Crippen MR) is 97.9 cm³/mol. The molecule has 4 aliphatic carbocycles. The van der Waals surface area contributed by atoms with Gasteiger partial charge in [-0.3, -0.25) is 9.59 Å². The third-order valence-corrected chi connectivity index (χ3v) is 6.86. The van der Waals surface area contributed by atoms with Crippen molar-refractivity contribution in [3.8, 4) is 11.5 Å². The Hall–Kier alpha value is -1.95. The Labute approximate surface area is 162 Å². The number of ether oxygens (including phenoxy) is 3. The van der Waals surface area contributed by atoms with Crippen LogP contribution in [0, 0.1) is 17.3 Å². The first-order valence-corrected chi connectivity index (χ1v) is 9.87. The van der Waals surface area contributed by atoms with Crippen LogP contribution in [-0.4, -0.2) is 30.2 Å². The summed E-state index contributed by atoms with van der Waals surface area (Å²) in [6.07, 6.45) is 5.56. The first-order chi connectivity index (χ1) is 12.9. The number of benzene rings is 1. The highest BCUT2D eigenvalue weighted by molar-refractivity contribution is 6.24. The second-order valence-corrected chi connectivity index (χ2v) is 9.39. The summed E-state index contributed by atoms with van der Waals surface area (Å²) in [5.74, 6) is 1.63. The van der Waals surface area contributed by atoms with Crippen LogP contribution in [-0.2, 0) is 14.3 Å². The molecule has 7 heteroatoms. The van der Waals surface area contributed by atoms with Crippen LogP contribution in [0.2, 0.25) is 0 Å². The SMILES string of the molecule is O=C(COC(=O)C12CC3CC(CC(Cl)(C3)C1)C2)Nc1ccc2c(c1)OCO2. The van der Waals surface area contributed by atoms with E-state index in [9.17, 15) is 9.59 Å². The van der Waals surface area contributed by atoms with Crippen LogP contribution in [0.5, 0.6) is 11.5 Å². The molecule has 2 atom stereocenters. The molecule has 0 spiro atoms. The van der Waals surface area contributed by atoms with Crippen molar-refractivity contribution in [1.82, 2.24) is 0 Å². The van der Waals surface area contributed by atoms with Crippen molar-refractivity contribution in [3.05, 3.63) is 18.2 Å². The predicted octanol–water partition coefficient (Wildman–Crippen LogP) is 3.47. The van der Waals surface area contributed by atoms with Crippen molar-refractivity contribution >= 4 is 29.2 Å². The lowest BCUT2D eigenvalue weighted by Gasteiger charge is -2.58. The van der Waals surface area contributed by atoms with Crippen LogP contribution < -0.4 is 14.8 Å². The number of esters is 1. The second-order valence-electron chi connectivity index (χ2n) is 8.58. The average Bonchev–Trinajstić information content (AvgIpc) is 3.05. The van der Waals surface area contributed by atoms with E-state index in [-0.39, 0.29) is 30.2 Å². The van der Waals surface area contributed by atoms with Crippen LogP contribution in [0.25, 0.3) is 0 Å². The Morgan fingerprint density at radius 3 is 2.63 bits per heavy atom. The summed E-state index contributed by atoms with van der Waals surface area (Å²) in [5, 5.41) is 2.73. The molecule has 1 N–H and O–H groups in total. The highest BCUT2D eigenvalue weighted by Crippen LogP contribution is 2.64. The molecule has 1 amide bonds. The normalized spacial score (nSPS) is 35.1. The zero-order valence-electron chi connectivity index (χ0n) is 15.0. The van der Waals surface area contributed by atoms with E-state index in [1.54, 1.807) is 18.2 Å². The van der Waals surface area contributed by atoms with Gasteiger partial charge in [-0.05, 0) is 62.5 Å². The van der Waals surface area contributed by atoms with Gasteiger partial charge in [-0.2, -0.15) is 0 Å². The van der Waals surface area contributed by atoms with E-state index >= 15 is 0 Å². The first-order valence-electron chi connectivity index (χ1n) is 9.49. The molecule has 4 bridgehead atoms. The summed E-state index contributed by atoms with van der Waals surface area (Å²) in [4.78, 5) is 24.8. The van der Waals surface area contributed by atoms with Crippen LogP contribution in [0.3, 0.4) is 0 Å². The Balaban J connectivity index is 1.20. The zero-order valence-corrected chi connectivity index (χ0v) is 15.7. The summed E-state index contributed by atoms with van der Waals surface area (Å²) in [6.45, 7) is -0.115. The number of hydrogen-bond acceptors (Lipinski definition) is 5. The maximum Gasteiger partial charge on any atom is 0.312 e. The smallest absolute Gasteiger partial charge is 0.312 e. The van der Waals surface area contributed by atoms with E-state index in [2.05, 4.69) is 5.32 Å². The number of alkyl halides is 1. The molecule has 4 saturated carbocycles. The van der Waals surface area contributed by atoms with E-state index < -0.39 is 5.41 Å². The van der Waals surface area contributed by atoms with Gasteiger partial charge in [0.2, 0.25) is 6.79 Å². The third kappa shape index (κ3) is 3.04. The highest BCUT2D eigenvalue weighted by atomic mass is 35.5. The number of halogens is 1. The molecule has 1 heterocycles. The van der Waals surface area contributed by atoms with E-state index in [0.717, 1.165) is 25.7 Å². The Morgan fingerprint density at radius 2 is 1.89 bits per heavy atom. The number of anilines is 1. The lowest BCUT2D eigenvalue weighted by molar-refractivity contribution is -0.171. The Bertz CT molecular complexity index is 796. The minimum absolute atomic E-state index is 0.177. The number of nitrogens with one attached hydrogen (secondary N) is 1. The molecule has 1 aromatic rings. The van der Waals surface area contributed by atoms with Gasteiger partial charge in [0.25, 0.3) is 5.91 Å². The van der Waals surface area contributed by atoms with Gasteiger partial charge in [0.15, 0.2) is 18.1 Å². The molecule has 1 aromatic carbocycles. The molecule has 4 fully saturated rings. The molecule has 27 heavy (non-hydrogen) atoms. The molecule has 2 unspecified atom stereocenters. The number of fused-ring (bicyclic) bond motifs is 1. The fraction of sp³-hybridized carbons (Fsp3) is 0.600. The molecule has 1 aliphatic heterocycles. The third-order valence-electron chi connectivity index (χ3n) is 6.41. The molecule has 5 aliphatic rings. The van der Waals surface area contributed by atoms with Crippen molar-refractivity contribution in [3.63, 3.8) is 0 Å². The van der Waals surface area contributed by atoms with Gasteiger partial charge in [-0.1, -0.05) is 0 Å². The average molecular weight is 392 g/mol. The van der Waals surface area contributed by atoms with Crippen molar-refractivity contribution in [2.75, 3.05) is 18.7 Å². The monoisotopic (exact) mass is 391 g/mol. The fourth-order valence-corrected chi connectivity index (χ4v) is 6.54. The molecule has 6 rings (SSSR count). The number of hydrogen-bond donors (Lipinski definition) is 1. The van der Waals surface area contributed by atoms with Crippen LogP contribution >= 0.6 is 11.6 Å². The van der Waals surface area contributed by atoms with Crippen molar-refractivity contribution in [1.29, 1.82) is 0 Å². The standard InChI is InChI=1S/C20H22ClNO5/c21-20-7-12-3-13(8-20)6-19(5-12,10-20)18(24)25-9-17(23)22-14-1-2-15-16(4-14)27-11-26-15/h1-2,4,12-13H,3,5-11H2,(H,22,23). The lowest BCUT2D eigenvalue weighted by Crippen LogP contribution is -2.56. The summed E-state index contributed by atoms with van der Waals surface area (Å²) < 4.78 is 16.0. The molecule has 0 aromatic heterocycles. The Kier molecular flexibility index (Phi) is 3.83. The number of carbonyl (C=O) groups excluding carboxylic acids is 2. The van der Waals surface area contributed by atoms with E-state index in [0.29, 0.717) is 35.4 Å². The molecular weight excluding hydrogens is 370 g/mol. The van der Waals surface area contributed by atoms with Gasteiger partial charge in [0.05, 0.1) is 5.41 Å². The minimum atomic E-state index is -0.495. The summed E-state index contributed by atoms with van der Waals surface area (Å²) in [5.41, 5.74) is 0.0834. The van der Waals surface area contributed by atoms with E-state index in [1.807, 2.05) is 0 Å². The number of rotatable bonds is 4. The number of carbonyl (C=O) groups is 2. The van der Waals surface area contributed by atoms with Gasteiger partial charge < -0.3 is 19.5 Å². The lowest BCUT2D eigenvalue weighted by atomic mass is 9.49. The summed E-state index contributed by atoms with van der Waals surface area (Å²) in [6, 6.07) is 5.15. The largest absolute Gasteiger partial charge is 0.455 e. The van der Waals surface area contributed by atoms with Gasteiger partial charge in [-0.25, -0.2) is 0 Å². The molecular formula is C20H22ClNO5. The number of amides is 1. The fourth-order valence-electron chi connectivity index (χ4n) is 5.85. The topological polar surface area (TPSA) is 73.9 Å². The highest BCUT2D eigenvalue weighted by Gasteiger charge is 2.60. The maximum atomic E-state index is 12.9. The molecule has 0 saturated heterocycles. The quantitative estimate of drug-likeness (QED) is 0.628. The van der Waals surface area contributed by atoms with Gasteiger partial charge in [-0.15, -0.1) is 11.6 Å². The molecule has 6 nitrogen and oxygen atoms in total. The van der Waals surface area contributed by atoms with Gasteiger partial charge in [0, 0.05) is 16.6 Å². The summed E-state index contributed by atoms with van der Waals surface area (Å²) >= 11 is 6.77. The van der Waals surface area contributed by atoms with Gasteiger partial charge >= 0.3 is 5.97 Å². The molecule has 144 valence electrons. The summed E-state index contributed by atoms with van der Waals surface area (Å²) in [7, 11) is 0. The van der Waals surface area contributed by atoms with E-state index in [4.69, 9.17) is 25.8 Å². The van der Waals surface area contributed by atoms with E-state index in [1.165, 1.54) is 6.42 Å². The van der Waals surface area contributed by atoms with Crippen LogP contribution in [0.1, 0.15) is 38.5 Å². The van der Waals surface area contributed by atoms with Crippen molar-refractivity contribution in [2.45, 2.75) is 43.4 Å².